The second-order valence-electron chi connectivity index (χ2n) is 7.53. The SMILES string of the molecule is C=NC(=NC(CF)c1cccc(C(F)(F)CO)c1)/C(CC)=C(/CCCCOCCNC=O)NCCl. The number of aliphatic imine (C=N–C) groups is 2. The van der Waals surface area contributed by atoms with Crippen molar-refractivity contribution in [3.63, 3.8) is 0 Å². The van der Waals surface area contributed by atoms with Crippen LogP contribution in [0, 0.1) is 0 Å². The van der Waals surface area contributed by atoms with Gasteiger partial charge in [-0.1, -0.05) is 25.1 Å². The van der Waals surface area contributed by atoms with Gasteiger partial charge in [0.2, 0.25) is 6.41 Å². The predicted molar refractivity (Wildman–Crippen MR) is 133 cm³/mol. The number of hydrogen-bond donors (Lipinski definition) is 3. The van der Waals surface area contributed by atoms with Crippen LogP contribution in [0.15, 0.2) is 45.5 Å². The van der Waals surface area contributed by atoms with Gasteiger partial charge in [-0.2, -0.15) is 8.78 Å². The van der Waals surface area contributed by atoms with E-state index in [0.717, 1.165) is 24.6 Å². The molecule has 1 unspecified atom stereocenters. The summed E-state index contributed by atoms with van der Waals surface area (Å²) in [4.78, 5) is 18.6. The molecule has 0 heterocycles. The number of aliphatic hydroxyl groups is 1. The minimum absolute atomic E-state index is 0.141. The largest absolute Gasteiger partial charge is 0.390 e. The lowest BCUT2D eigenvalue weighted by Crippen LogP contribution is -2.19. The molecule has 35 heavy (non-hydrogen) atoms. The van der Waals surface area contributed by atoms with Crippen molar-refractivity contribution in [3.05, 3.63) is 46.7 Å². The van der Waals surface area contributed by atoms with Gasteiger partial charge in [0, 0.05) is 30.0 Å². The Morgan fingerprint density at radius 1 is 1.34 bits per heavy atom. The number of ether oxygens (including phenoxy) is 1. The van der Waals surface area contributed by atoms with Gasteiger partial charge in [-0.15, -0.1) is 11.6 Å². The van der Waals surface area contributed by atoms with Gasteiger partial charge in [-0.05, 0) is 44.0 Å². The van der Waals surface area contributed by atoms with Crippen molar-refractivity contribution in [2.75, 3.05) is 39.0 Å². The van der Waals surface area contributed by atoms with Gasteiger partial charge in [0.25, 0.3) is 5.92 Å². The van der Waals surface area contributed by atoms with E-state index in [0.29, 0.717) is 44.6 Å². The van der Waals surface area contributed by atoms with Crippen LogP contribution < -0.4 is 10.6 Å². The molecule has 0 aromatic heterocycles. The molecule has 0 aliphatic rings. The van der Waals surface area contributed by atoms with Crippen LogP contribution in [0.1, 0.15) is 49.8 Å². The first-order valence-electron chi connectivity index (χ1n) is 11.3. The molecular weight excluding hydrogens is 485 g/mol. The molecule has 11 heteroatoms. The van der Waals surface area contributed by atoms with Crippen LogP contribution in [-0.2, 0) is 15.5 Å². The number of aliphatic hydroxyl groups excluding tert-OH is 1. The summed E-state index contributed by atoms with van der Waals surface area (Å²) >= 11 is 5.92. The third kappa shape index (κ3) is 10.4. The van der Waals surface area contributed by atoms with Crippen molar-refractivity contribution in [2.24, 2.45) is 9.98 Å². The van der Waals surface area contributed by atoms with Gasteiger partial charge in [-0.3, -0.25) is 9.79 Å². The third-order valence-electron chi connectivity index (χ3n) is 5.17. The number of unbranched alkanes of at least 4 members (excludes halogenated alkanes) is 1. The molecule has 1 aromatic rings. The monoisotopic (exact) mass is 518 g/mol. The Hall–Kier alpha value is -2.43. The van der Waals surface area contributed by atoms with Crippen LogP contribution in [-0.4, -0.2) is 63.1 Å². The molecule has 0 fully saturated rings. The molecule has 0 saturated carbocycles. The summed E-state index contributed by atoms with van der Waals surface area (Å²) in [7, 11) is 0. The van der Waals surface area contributed by atoms with Gasteiger partial charge >= 0.3 is 0 Å². The van der Waals surface area contributed by atoms with Gasteiger partial charge in [-0.25, -0.2) is 9.38 Å². The highest BCUT2D eigenvalue weighted by Gasteiger charge is 2.31. The number of halogens is 4. The molecule has 0 saturated heterocycles. The van der Waals surface area contributed by atoms with Gasteiger partial charge in [0.1, 0.15) is 19.3 Å². The molecule has 0 aliphatic heterocycles. The van der Waals surface area contributed by atoms with E-state index in [1.165, 1.54) is 18.2 Å². The Morgan fingerprint density at radius 3 is 2.71 bits per heavy atom. The molecule has 1 amide bonds. The van der Waals surface area contributed by atoms with Crippen LogP contribution >= 0.6 is 11.6 Å². The number of carbonyl (C=O) groups is 1. The molecule has 0 spiro atoms. The first kappa shape index (κ1) is 30.6. The maximum atomic E-state index is 14.0. The Balaban J connectivity index is 3.08. The Kier molecular flexibility index (Phi) is 14.9. The highest BCUT2D eigenvalue weighted by Crippen LogP contribution is 2.30. The Bertz CT molecular complexity index is 853. The summed E-state index contributed by atoms with van der Waals surface area (Å²) in [5, 5.41) is 14.6. The van der Waals surface area contributed by atoms with Crippen molar-refractivity contribution in [2.45, 2.75) is 44.6 Å². The molecule has 7 nitrogen and oxygen atoms in total. The van der Waals surface area contributed by atoms with Crippen molar-refractivity contribution in [1.29, 1.82) is 0 Å². The van der Waals surface area contributed by atoms with E-state index < -0.39 is 30.8 Å². The van der Waals surface area contributed by atoms with Crippen molar-refractivity contribution in [1.82, 2.24) is 10.6 Å². The summed E-state index contributed by atoms with van der Waals surface area (Å²) in [5.41, 5.74) is 1.31. The molecule has 196 valence electrons. The van der Waals surface area contributed by atoms with Crippen LogP contribution in [0.25, 0.3) is 0 Å². The van der Waals surface area contributed by atoms with E-state index in [4.69, 9.17) is 21.4 Å². The fourth-order valence-corrected chi connectivity index (χ4v) is 3.52. The normalized spacial score (nSPS) is 13.7. The van der Waals surface area contributed by atoms with E-state index in [1.54, 1.807) is 0 Å². The number of amides is 1. The van der Waals surface area contributed by atoms with E-state index in [-0.39, 0.29) is 17.4 Å². The average molecular weight is 519 g/mol. The molecular formula is C24H34ClF3N4O3. The number of alkyl halides is 4. The molecule has 1 atom stereocenters. The van der Waals surface area contributed by atoms with Crippen LogP contribution in [0.3, 0.4) is 0 Å². The number of nitrogens with zero attached hydrogens (tertiary/aromatic N) is 2. The van der Waals surface area contributed by atoms with Gasteiger partial charge in [0.05, 0.1) is 12.6 Å². The van der Waals surface area contributed by atoms with E-state index in [1.807, 2.05) is 6.92 Å². The van der Waals surface area contributed by atoms with E-state index in [2.05, 4.69) is 27.3 Å². The summed E-state index contributed by atoms with van der Waals surface area (Å²) < 4.78 is 47.3. The minimum atomic E-state index is -3.44. The minimum Gasteiger partial charge on any atom is -0.390 e. The smallest absolute Gasteiger partial charge is 0.295 e. The lowest BCUT2D eigenvalue weighted by atomic mass is 10.0. The Morgan fingerprint density at radius 2 is 2.11 bits per heavy atom. The lowest BCUT2D eigenvalue weighted by Gasteiger charge is -2.18. The molecule has 0 bridgehead atoms. The van der Waals surface area contributed by atoms with Gasteiger partial charge in [0.15, 0.2) is 5.84 Å². The fourth-order valence-electron chi connectivity index (χ4n) is 3.36. The molecule has 0 radical (unpaired) electrons. The zero-order valence-electron chi connectivity index (χ0n) is 19.9. The molecule has 1 aromatic carbocycles. The fraction of sp³-hybridized carbons (Fsp3) is 0.542. The first-order chi connectivity index (χ1) is 16.9. The van der Waals surface area contributed by atoms with Crippen molar-refractivity contribution < 1.29 is 27.8 Å². The number of nitrogens with one attached hydrogen (secondary N) is 2. The van der Waals surface area contributed by atoms with Crippen LogP contribution in [0.2, 0.25) is 0 Å². The lowest BCUT2D eigenvalue weighted by molar-refractivity contribution is -0.109. The highest BCUT2D eigenvalue weighted by atomic mass is 35.5. The van der Waals surface area contributed by atoms with Crippen LogP contribution in [0.5, 0.6) is 0 Å². The van der Waals surface area contributed by atoms with E-state index >= 15 is 0 Å². The summed E-state index contributed by atoms with van der Waals surface area (Å²) in [6.07, 6.45) is 3.26. The second kappa shape index (κ2) is 17.1. The summed E-state index contributed by atoms with van der Waals surface area (Å²) in [6.45, 7) is 4.57. The van der Waals surface area contributed by atoms with Crippen molar-refractivity contribution >= 4 is 30.6 Å². The molecule has 0 aliphatic carbocycles. The molecule has 3 N–H and O–H groups in total. The number of benzene rings is 1. The van der Waals surface area contributed by atoms with Gasteiger partial charge < -0.3 is 20.5 Å². The van der Waals surface area contributed by atoms with E-state index in [9.17, 15) is 18.0 Å². The summed E-state index contributed by atoms with van der Waals surface area (Å²) in [6, 6.07) is 4.26. The number of hydrogen-bond acceptors (Lipinski definition) is 5. The first-order valence-corrected chi connectivity index (χ1v) is 11.9. The number of amidine groups is 1. The highest BCUT2D eigenvalue weighted by molar-refractivity contribution is 6.17. The Labute approximate surface area is 209 Å². The maximum Gasteiger partial charge on any atom is 0.295 e. The zero-order valence-corrected chi connectivity index (χ0v) is 20.7. The average Bonchev–Trinajstić information content (AvgIpc) is 2.87. The summed E-state index contributed by atoms with van der Waals surface area (Å²) in [5.74, 6) is -3.24. The number of allylic oxidation sites excluding steroid dienone is 1. The van der Waals surface area contributed by atoms with Crippen molar-refractivity contribution in [3.8, 4) is 0 Å². The van der Waals surface area contributed by atoms with Crippen LogP contribution in [0.4, 0.5) is 13.2 Å². The predicted octanol–water partition coefficient (Wildman–Crippen LogP) is 4.26. The topological polar surface area (TPSA) is 95.3 Å². The quantitative estimate of drug-likeness (QED) is 0.0675. The molecule has 1 rings (SSSR count). The second-order valence-corrected chi connectivity index (χ2v) is 7.80. The number of carbonyl (C=O) groups excluding carboxylic acids is 1. The maximum absolute atomic E-state index is 14.0. The number of rotatable bonds is 18. The zero-order chi connectivity index (χ0) is 26.1. The standard InChI is InChI=1S/C24H34ClF3N4O3/c1-3-20(21(31-16-25)9-4-5-11-35-12-10-30-17-34)23(29-2)32-22(14-26)18-7-6-8-19(13-18)24(27,28)15-33/h6-8,13,17,22,31,33H,2-5,9-12,14-16H2,1H3,(H,30,34)/b21-20-,32-23?. The third-order valence-corrected chi connectivity index (χ3v) is 5.31.